The molecule has 2 N–H and O–H groups in total. The fourth-order valence-electron chi connectivity index (χ4n) is 3.87. The van der Waals surface area contributed by atoms with Gasteiger partial charge in [0.05, 0.1) is 12.0 Å². The fraction of sp³-hybridized carbons (Fsp3) is 0.636. The van der Waals surface area contributed by atoms with Crippen LogP contribution in [-0.2, 0) is 17.9 Å². The first kappa shape index (κ1) is 22.2. The molecule has 156 valence electrons. The maximum Gasteiger partial charge on any atom is 0.230 e. The molecule has 0 bridgehead atoms. The van der Waals surface area contributed by atoms with Gasteiger partial charge in [-0.1, -0.05) is 37.1 Å². The number of carbonyl (C=O) groups excluding carboxylic acids is 1. The Balaban J connectivity index is 2.00. The molecule has 0 heterocycles. The molecule has 1 aromatic rings. The third-order valence-corrected chi connectivity index (χ3v) is 5.30. The van der Waals surface area contributed by atoms with E-state index in [1.165, 1.54) is 11.1 Å². The van der Waals surface area contributed by atoms with Crippen molar-refractivity contribution >= 4 is 11.9 Å². The molecule has 1 aliphatic carbocycles. The van der Waals surface area contributed by atoms with E-state index in [1.54, 1.807) is 4.90 Å². The summed E-state index contributed by atoms with van der Waals surface area (Å²) < 4.78 is 0. The lowest BCUT2D eigenvalue weighted by Crippen LogP contribution is -2.49. The van der Waals surface area contributed by atoms with Crippen LogP contribution in [0.3, 0.4) is 0 Å². The number of hydrogen-bond donors (Lipinski definition) is 2. The molecule has 28 heavy (non-hydrogen) atoms. The minimum atomic E-state index is -0.298. The third kappa shape index (κ3) is 6.23. The lowest BCUT2D eigenvalue weighted by atomic mass is 9.84. The number of aliphatic imine (C=N–C) groups is 1. The molecule has 2 rings (SSSR count). The number of hydrogen-bond acceptors (Lipinski definition) is 3. The number of nitrogens with one attached hydrogen (secondary N) is 2. The number of guanidine groups is 1. The molecule has 0 atom stereocenters. The van der Waals surface area contributed by atoms with Gasteiger partial charge in [-0.3, -0.25) is 4.79 Å². The van der Waals surface area contributed by atoms with Crippen molar-refractivity contribution in [2.45, 2.75) is 45.7 Å². The van der Waals surface area contributed by atoms with Crippen LogP contribution in [0, 0.1) is 5.41 Å². The molecule has 0 radical (unpaired) electrons. The van der Waals surface area contributed by atoms with Crippen molar-refractivity contribution in [1.29, 1.82) is 0 Å². The Kier molecular flexibility index (Phi) is 8.30. The van der Waals surface area contributed by atoms with Gasteiger partial charge in [-0.25, -0.2) is 4.99 Å². The minimum Gasteiger partial charge on any atom is -0.357 e. The van der Waals surface area contributed by atoms with Crippen molar-refractivity contribution in [1.82, 2.24) is 20.4 Å². The average molecular weight is 388 g/mol. The van der Waals surface area contributed by atoms with E-state index in [2.05, 4.69) is 60.8 Å². The molecule has 1 saturated carbocycles. The molecular weight excluding hydrogens is 350 g/mol. The second-order valence-corrected chi connectivity index (χ2v) is 8.29. The van der Waals surface area contributed by atoms with Crippen LogP contribution >= 0.6 is 0 Å². The van der Waals surface area contributed by atoms with Crippen molar-refractivity contribution in [3.05, 3.63) is 35.4 Å². The summed E-state index contributed by atoms with van der Waals surface area (Å²) >= 11 is 0. The zero-order valence-electron chi connectivity index (χ0n) is 18.2. The van der Waals surface area contributed by atoms with Gasteiger partial charge in [-0.05, 0) is 45.0 Å². The van der Waals surface area contributed by atoms with Crippen molar-refractivity contribution in [3.63, 3.8) is 0 Å². The first-order valence-electron chi connectivity index (χ1n) is 10.3. The summed E-state index contributed by atoms with van der Waals surface area (Å²) in [6, 6.07) is 8.60. The topological polar surface area (TPSA) is 60.0 Å². The van der Waals surface area contributed by atoms with Gasteiger partial charge in [0.1, 0.15) is 0 Å². The third-order valence-electron chi connectivity index (χ3n) is 5.30. The second kappa shape index (κ2) is 10.5. The normalized spacial score (nSPS) is 16.3. The molecular formula is C22H37N5O. The number of carbonyl (C=O) groups is 1. The lowest BCUT2D eigenvalue weighted by Gasteiger charge is -2.31. The van der Waals surface area contributed by atoms with Crippen LogP contribution in [0.4, 0.5) is 0 Å². The van der Waals surface area contributed by atoms with E-state index in [1.807, 2.05) is 14.1 Å². The Labute approximate surface area is 170 Å². The highest BCUT2D eigenvalue weighted by Crippen LogP contribution is 2.38. The molecule has 0 aliphatic heterocycles. The second-order valence-electron chi connectivity index (χ2n) is 8.29. The number of nitrogens with zero attached hydrogens (tertiary/aromatic N) is 3. The molecule has 1 aliphatic rings. The van der Waals surface area contributed by atoms with E-state index in [0.29, 0.717) is 13.1 Å². The van der Waals surface area contributed by atoms with Crippen LogP contribution in [0.5, 0.6) is 0 Å². The van der Waals surface area contributed by atoms with Crippen LogP contribution in [0.15, 0.2) is 29.3 Å². The summed E-state index contributed by atoms with van der Waals surface area (Å²) in [5.41, 5.74) is 2.18. The smallest absolute Gasteiger partial charge is 0.230 e. The van der Waals surface area contributed by atoms with E-state index in [0.717, 1.165) is 44.7 Å². The average Bonchev–Trinajstić information content (AvgIpc) is 3.14. The van der Waals surface area contributed by atoms with E-state index in [9.17, 15) is 4.79 Å². The summed E-state index contributed by atoms with van der Waals surface area (Å²) in [4.78, 5) is 21.4. The number of rotatable bonds is 8. The molecule has 0 spiro atoms. The van der Waals surface area contributed by atoms with Gasteiger partial charge < -0.3 is 20.4 Å². The summed E-state index contributed by atoms with van der Waals surface area (Å²) in [5, 5.41) is 6.74. The van der Waals surface area contributed by atoms with Crippen LogP contribution in [0.2, 0.25) is 0 Å². The predicted octanol–water partition coefficient (Wildman–Crippen LogP) is 2.45. The maximum absolute atomic E-state index is 12.7. The van der Waals surface area contributed by atoms with E-state index < -0.39 is 0 Å². The molecule has 6 heteroatoms. The Hall–Kier alpha value is -2.08. The highest BCUT2D eigenvalue weighted by molar-refractivity contribution is 5.85. The molecule has 1 fully saturated rings. The van der Waals surface area contributed by atoms with Gasteiger partial charge in [-0.2, -0.15) is 0 Å². The van der Waals surface area contributed by atoms with Gasteiger partial charge in [0.15, 0.2) is 5.96 Å². The highest BCUT2D eigenvalue weighted by atomic mass is 16.2. The highest BCUT2D eigenvalue weighted by Gasteiger charge is 2.42. The summed E-state index contributed by atoms with van der Waals surface area (Å²) in [6.45, 7) is 5.05. The standard InChI is InChI=1S/C22H37N5O/c1-6-23-21(24-15-18-9-11-19(12-10-18)16-26(2)3)25-17-22(13-7-8-14-22)20(28)27(4)5/h9-12H,6-8,13-17H2,1-5H3,(H2,23,24,25). The van der Waals surface area contributed by atoms with E-state index in [4.69, 9.17) is 4.99 Å². The Morgan fingerprint density at radius 1 is 1.04 bits per heavy atom. The zero-order chi connectivity index (χ0) is 20.6. The van der Waals surface area contributed by atoms with Gasteiger partial charge in [0.2, 0.25) is 5.91 Å². The van der Waals surface area contributed by atoms with Crippen LogP contribution in [-0.4, -0.2) is 62.9 Å². The van der Waals surface area contributed by atoms with Crippen molar-refractivity contribution in [2.24, 2.45) is 10.4 Å². The quantitative estimate of drug-likeness (QED) is 0.531. The fourth-order valence-corrected chi connectivity index (χ4v) is 3.87. The Morgan fingerprint density at radius 2 is 1.64 bits per heavy atom. The van der Waals surface area contributed by atoms with E-state index in [-0.39, 0.29) is 11.3 Å². The van der Waals surface area contributed by atoms with Crippen LogP contribution in [0.1, 0.15) is 43.7 Å². The van der Waals surface area contributed by atoms with Crippen LogP contribution < -0.4 is 10.6 Å². The molecule has 6 nitrogen and oxygen atoms in total. The molecule has 0 aromatic heterocycles. The Morgan fingerprint density at radius 3 is 2.18 bits per heavy atom. The van der Waals surface area contributed by atoms with Crippen molar-refractivity contribution in [2.75, 3.05) is 41.3 Å². The van der Waals surface area contributed by atoms with E-state index >= 15 is 0 Å². The first-order valence-corrected chi connectivity index (χ1v) is 10.3. The van der Waals surface area contributed by atoms with Gasteiger partial charge >= 0.3 is 0 Å². The number of benzene rings is 1. The molecule has 1 aromatic carbocycles. The Bertz CT molecular complexity index is 645. The minimum absolute atomic E-state index is 0.227. The number of amides is 1. The summed E-state index contributed by atoms with van der Waals surface area (Å²) in [6.07, 6.45) is 4.13. The molecule has 1 amide bonds. The lowest BCUT2D eigenvalue weighted by molar-refractivity contribution is -0.138. The zero-order valence-corrected chi connectivity index (χ0v) is 18.2. The van der Waals surface area contributed by atoms with Gasteiger partial charge in [0, 0.05) is 33.7 Å². The molecule has 0 saturated heterocycles. The molecule has 0 unspecified atom stereocenters. The summed E-state index contributed by atoms with van der Waals surface area (Å²) in [7, 11) is 7.85. The maximum atomic E-state index is 12.7. The SMILES string of the molecule is CCNC(=NCc1ccc(CN(C)C)cc1)NCC1(C(=O)N(C)C)CCCC1. The van der Waals surface area contributed by atoms with Crippen molar-refractivity contribution < 1.29 is 4.79 Å². The monoisotopic (exact) mass is 387 g/mol. The van der Waals surface area contributed by atoms with Crippen molar-refractivity contribution in [3.8, 4) is 0 Å². The predicted molar refractivity (Wildman–Crippen MR) is 116 cm³/mol. The first-order chi connectivity index (χ1) is 13.4. The summed E-state index contributed by atoms with van der Waals surface area (Å²) in [5.74, 6) is 1.00. The van der Waals surface area contributed by atoms with Gasteiger partial charge in [-0.15, -0.1) is 0 Å². The largest absolute Gasteiger partial charge is 0.357 e. The van der Waals surface area contributed by atoms with Crippen LogP contribution in [0.25, 0.3) is 0 Å². The van der Waals surface area contributed by atoms with Gasteiger partial charge in [0.25, 0.3) is 0 Å².